The van der Waals surface area contributed by atoms with Crippen LogP contribution in [0.15, 0.2) is 54.9 Å². The fourth-order valence-electron chi connectivity index (χ4n) is 3.49. The van der Waals surface area contributed by atoms with E-state index in [0.717, 1.165) is 25.9 Å². The van der Waals surface area contributed by atoms with Gasteiger partial charge in [0.05, 0.1) is 5.56 Å². The predicted octanol–water partition coefficient (Wildman–Crippen LogP) is 5.30. The molecule has 0 unspecified atom stereocenters. The molecule has 1 amide bonds. The molecule has 4 rings (SSSR count). The molecule has 1 aliphatic rings. The molecule has 166 valence electrons. The molecular formula is C22H18ClF3N4O2. The Balaban J connectivity index is 1.60. The second-order valence-electron chi connectivity index (χ2n) is 7.16. The highest BCUT2D eigenvalue weighted by Crippen LogP contribution is 2.33. The molecular weight excluding hydrogens is 445 g/mol. The summed E-state index contributed by atoms with van der Waals surface area (Å²) in [6.07, 6.45) is 4.79. The number of anilines is 2. The second kappa shape index (κ2) is 9.04. The quantitative estimate of drug-likeness (QED) is 0.397. The molecule has 2 aromatic heterocycles. The molecule has 32 heavy (non-hydrogen) atoms. The maximum absolute atomic E-state index is 14.4. The van der Waals surface area contributed by atoms with Gasteiger partial charge in [-0.05, 0) is 55.3 Å². The Labute approximate surface area is 187 Å². The minimum atomic E-state index is -3.83. The molecule has 10 heteroatoms. The summed E-state index contributed by atoms with van der Waals surface area (Å²) in [4.78, 5) is 23.0. The van der Waals surface area contributed by atoms with Gasteiger partial charge in [0, 0.05) is 53.9 Å². The van der Waals surface area contributed by atoms with Crippen LogP contribution in [0, 0.1) is 5.95 Å². The standard InChI is InChI=1S/C22H18ClF3N4O2/c23-22(25,26)32-16-7-5-15(6-8-16)29-21(31)14-12-18(17-4-3-9-27-19(17)24)20(28-13-14)30-10-1-2-11-30/h3-9,12-13H,1-2,10-11H2,(H,29,31). The van der Waals surface area contributed by atoms with Crippen LogP contribution in [0.1, 0.15) is 23.2 Å². The topological polar surface area (TPSA) is 67.3 Å². The van der Waals surface area contributed by atoms with E-state index in [2.05, 4.69) is 24.9 Å². The highest BCUT2D eigenvalue weighted by molar-refractivity contribution is 6.20. The first-order chi connectivity index (χ1) is 15.3. The zero-order valence-electron chi connectivity index (χ0n) is 16.7. The van der Waals surface area contributed by atoms with Gasteiger partial charge < -0.3 is 15.0 Å². The Morgan fingerprint density at radius 1 is 1.09 bits per heavy atom. The number of carbonyl (C=O) groups excluding carboxylic acids is 1. The maximum atomic E-state index is 14.4. The molecule has 0 bridgehead atoms. The molecule has 0 radical (unpaired) electrons. The van der Waals surface area contributed by atoms with Crippen LogP contribution in [0.3, 0.4) is 0 Å². The Bertz CT molecular complexity index is 1120. The van der Waals surface area contributed by atoms with Crippen LogP contribution in [0.2, 0.25) is 0 Å². The summed E-state index contributed by atoms with van der Waals surface area (Å²) < 4.78 is 44.1. The number of halogens is 4. The van der Waals surface area contributed by atoms with E-state index in [1.54, 1.807) is 18.2 Å². The summed E-state index contributed by atoms with van der Waals surface area (Å²) in [5, 5.41) is 2.65. The first-order valence-electron chi connectivity index (χ1n) is 9.83. The number of nitrogens with zero attached hydrogens (tertiary/aromatic N) is 3. The van der Waals surface area contributed by atoms with Crippen molar-refractivity contribution in [2.45, 2.75) is 18.4 Å². The average molecular weight is 463 g/mol. The van der Waals surface area contributed by atoms with Gasteiger partial charge in [0.2, 0.25) is 5.95 Å². The van der Waals surface area contributed by atoms with E-state index < -0.39 is 17.4 Å². The molecule has 1 saturated heterocycles. The largest absolute Gasteiger partial charge is 0.487 e. The van der Waals surface area contributed by atoms with Crippen LogP contribution in [0.4, 0.5) is 24.7 Å². The van der Waals surface area contributed by atoms with E-state index in [9.17, 15) is 18.0 Å². The number of hydrogen-bond acceptors (Lipinski definition) is 5. The Morgan fingerprint density at radius 3 is 2.47 bits per heavy atom. The molecule has 0 atom stereocenters. The molecule has 1 fully saturated rings. The van der Waals surface area contributed by atoms with Gasteiger partial charge in [-0.25, -0.2) is 9.97 Å². The summed E-state index contributed by atoms with van der Waals surface area (Å²) in [5.41, 5.74) is -2.55. The van der Waals surface area contributed by atoms with E-state index in [1.807, 2.05) is 0 Å². The van der Waals surface area contributed by atoms with Crippen LogP contribution >= 0.6 is 11.6 Å². The van der Waals surface area contributed by atoms with Crippen LogP contribution < -0.4 is 15.0 Å². The van der Waals surface area contributed by atoms with E-state index in [0.29, 0.717) is 17.1 Å². The summed E-state index contributed by atoms with van der Waals surface area (Å²) in [5.74, 6) is -0.713. The lowest BCUT2D eigenvalue weighted by atomic mass is 10.1. The van der Waals surface area contributed by atoms with Crippen molar-refractivity contribution < 1.29 is 22.7 Å². The summed E-state index contributed by atoms with van der Waals surface area (Å²) in [6.45, 7) is 1.59. The molecule has 1 aliphatic heterocycles. The second-order valence-corrected chi connectivity index (χ2v) is 7.60. The van der Waals surface area contributed by atoms with Crippen molar-refractivity contribution in [3.8, 4) is 16.9 Å². The van der Waals surface area contributed by atoms with Gasteiger partial charge in [-0.1, -0.05) is 0 Å². The van der Waals surface area contributed by atoms with Gasteiger partial charge in [0.1, 0.15) is 11.6 Å². The Morgan fingerprint density at radius 2 is 1.81 bits per heavy atom. The van der Waals surface area contributed by atoms with Crippen molar-refractivity contribution in [2.75, 3.05) is 23.3 Å². The van der Waals surface area contributed by atoms with Crippen molar-refractivity contribution in [3.63, 3.8) is 0 Å². The van der Waals surface area contributed by atoms with E-state index >= 15 is 0 Å². The van der Waals surface area contributed by atoms with E-state index in [4.69, 9.17) is 11.6 Å². The number of amides is 1. The van der Waals surface area contributed by atoms with Crippen LogP contribution in [0.25, 0.3) is 11.1 Å². The number of aromatic nitrogens is 2. The number of nitrogens with one attached hydrogen (secondary N) is 1. The van der Waals surface area contributed by atoms with Crippen molar-refractivity contribution in [1.29, 1.82) is 0 Å². The Kier molecular flexibility index (Phi) is 6.18. The highest BCUT2D eigenvalue weighted by atomic mass is 35.5. The maximum Gasteiger partial charge on any atom is 0.487 e. The van der Waals surface area contributed by atoms with Gasteiger partial charge in [-0.2, -0.15) is 4.39 Å². The number of pyridine rings is 2. The van der Waals surface area contributed by atoms with Crippen LogP contribution in [-0.2, 0) is 0 Å². The lowest BCUT2D eigenvalue weighted by molar-refractivity contribution is -0.0964. The average Bonchev–Trinajstić information content (AvgIpc) is 3.29. The third-order valence-electron chi connectivity index (χ3n) is 4.93. The predicted molar refractivity (Wildman–Crippen MR) is 115 cm³/mol. The lowest BCUT2D eigenvalue weighted by Crippen LogP contribution is -2.21. The smallest absolute Gasteiger partial charge is 0.420 e. The third kappa shape index (κ3) is 5.11. The summed E-state index contributed by atoms with van der Waals surface area (Å²) in [6, 6.07) is 10.1. The van der Waals surface area contributed by atoms with Gasteiger partial charge >= 0.3 is 5.57 Å². The molecule has 3 aromatic rings. The van der Waals surface area contributed by atoms with Gasteiger partial charge in [-0.3, -0.25) is 4.79 Å². The lowest BCUT2D eigenvalue weighted by Gasteiger charge is -2.21. The third-order valence-corrected chi connectivity index (χ3v) is 5.01. The van der Waals surface area contributed by atoms with Gasteiger partial charge in [-0.15, -0.1) is 8.78 Å². The molecule has 1 N–H and O–H groups in total. The SMILES string of the molecule is O=C(Nc1ccc(OC(F)(F)Cl)cc1)c1cnc(N2CCCC2)c(-c2cccnc2F)c1. The van der Waals surface area contributed by atoms with E-state index in [-0.39, 0.29) is 16.9 Å². The normalized spacial score (nSPS) is 13.8. The number of benzene rings is 1. The molecule has 0 saturated carbocycles. The monoisotopic (exact) mass is 462 g/mol. The number of rotatable bonds is 6. The highest BCUT2D eigenvalue weighted by Gasteiger charge is 2.27. The summed E-state index contributed by atoms with van der Waals surface area (Å²) in [7, 11) is 0. The first-order valence-corrected chi connectivity index (χ1v) is 10.2. The van der Waals surface area contributed by atoms with Crippen molar-refractivity contribution in [2.24, 2.45) is 0 Å². The molecule has 0 aliphatic carbocycles. The van der Waals surface area contributed by atoms with Crippen LogP contribution in [-0.4, -0.2) is 34.5 Å². The van der Waals surface area contributed by atoms with Crippen molar-refractivity contribution in [1.82, 2.24) is 9.97 Å². The van der Waals surface area contributed by atoms with Gasteiger partial charge in [0.15, 0.2) is 0 Å². The van der Waals surface area contributed by atoms with Crippen molar-refractivity contribution in [3.05, 3.63) is 66.4 Å². The number of ether oxygens (including phenoxy) is 1. The minimum absolute atomic E-state index is 0.158. The number of alkyl halides is 3. The minimum Gasteiger partial charge on any atom is -0.420 e. The zero-order chi connectivity index (χ0) is 22.7. The Hall–Kier alpha value is -3.33. The van der Waals surface area contributed by atoms with E-state index in [1.165, 1.54) is 36.7 Å². The molecule has 6 nitrogen and oxygen atoms in total. The molecule has 1 aromatic carbocycles. The number of carbonyl (C=O) groups is 1. The molecule has 3 heterocycles. The fraction of sp³-hybridized carbons (Fsp3) is 0.227. The number of hydrogen-bond donors (Lipinski definition) is 1. The summed E-state index contributed by atoms with van der Waals surface area (Å²) >= 11 is 4.74. The first kappa shape index (κ1) is 21.9. The van der Waals surface area contributed by atoms with Crippen molar-refractivity contribution >= 4 is 29.0 Å². The molecule has 0 spiro atoms. The fourth-order valence-corrected chi connectivity index (χ4v) is 3.58. The zero-order valence-corrected chi connectivity index (χ0v) is 17.5. The van der Waals surface area contributed by atoms with Gasteiger partial charge in [0.25, 0.3) is 5.91 Å². The van der Waals surface area contributed by atoms with Crippen LogP contribution in [0.5, 0.6) is 5.75 Å².